The molecule has 0 aliphatic rings. The first-order valence-electron chi connectivity index (χ1n) is 4.87. The zero-order valence-electron chi connectivity index (χ0n) is 8.74. The highest BCUT2D eigenvalue weighted by Gasteiger charge is 2.48. The van der Waals surface area contributed by atoms with Gasteiger partial charge in [0.25, 0.3) is 0 Å². The first kappa shape index (κ1) is 14.8. The minimum Gasteiger partial charge on any atom is -0.394 e. The van der Waals surface area contributed by atoms with E-state index < -0.39 is 43.5 Å². The SMILES string of the molecule is CCC(C(O)CO)(C(O)CO)C(O)CO. The Kier molecular flexibility index (Phi) is 6.26. The second-order valence-electron chi connectivity index (χ2n) is 3.56. The molecule has 0 bridgehead atoms. The second-order valence-corrected chi connectivity index (χ2v) is 3.56. The number of aliphatic hydroxyl groups is 6. The lowest BCUT2D eigenvalue weighted by molar-refractivity contribution is -0.172. The van der Waals surface area contributed by atoms with Gasteiger partial charge in [-0.2, -0.15) is 0 Å². The van der Waals surface area contributed by atoms with E-state index in [1.54, 1.807) is 6.92 Å². The van der Waals surface area contributed by atoms with Gasteiger partial charge in [-0.25, -0.2) is 0 Å². The van der Waals surface area contributed by atoms with Crippen molar-refractivity contribution in [2.24, 2.45) is 5.41 Å². The highest BCUT2D eigenvalue weighted by atomic mass is 16.4. The molecule has 0 aromatic rings. The standard InChI is InChI=1S/C9H20O6/c1-2-9(6(13)3-10,7(14)4-11)8(15)5-12/h6-8,10-15H,2-5H2,1H3. The van der Waals surface area contributed by atoms with E-state index in [2.05, 4.69) is 0 Å². The summed E-state index contributed by atoms with van der Waals surface area (Å²) in [6.45, 7) is -0.414. The van der Waals surface area contributed by atoms with Gasteiger partial charge in [-0.05, 0) is 6.42 Å². The average molecular weight is 224 g/mol. The Labute approximate surface area is 88.4 Å². The van der Waals surface area contributed by atoms with Crippen molar-refractivity contribution in [1.29, 1.82) is 0 Å². The number of aliphatic hydroxyl groups excluding tert-OH is 6. The van der Waals surface area contributed by atoms with Crippen molar-refractivity contribution in [3.8, 4) is 0 Å². The Hall–Kier alpha value is -0.240. The van der Waals surface area contributed by atoms with E-state index in [0.29, 0.717) is 0 Å². The van der Waals surface area contributed by atoms with E-state index in [1.807, 2.05) is 0 Å². The van der Waals surface area contributed by atoms with Crippen LogP contribution in [0.15, 0.2) is 0 Å². The predicted octanol–water partition coefficient (Wildman–Crippen LogP) is -2.56. The van der Waals surface area contributed by atoms with Gasteiger partial charge >= 0.3 is 0 Å². The fourth-order valence-corrected chi connectivity index (χ4v) is 1.88. The van der Waals surface area contributed by atoms with E-state index >= 15 is 0 Å². The van der Waals surface area contributed by atoms with Crippen LogP contribution in [0.5, 0.6) is 0 Å². The summed E-state index contributed by atoms with van der Waals surface area (Å²) >= 11 is 0. The van der Waals surface area contributed by atoms with Gasteiger partial charge in [0.05, 0.1) is 43.5 Å². The maximum Gasteiger partial charge on any atom is 0.0878 e. The van der Waals surface area contributed by atoms with E-state index in [4.69, 9.17) is 15.3 Å². The fraction of sp³-hybridized carbons (Fsp3) is 1.00. The molecule has 6 N–H and O–H groups in total. The fourth-order valence-electron chi connectivity index (χ4n) is 1.88. The summed E-state index contributed by atoms with van der Waals surface area (Å²) in [5.41, 5.74) is -1.52. The van der Waals surface area contributed by atoms with Crippen LogP contribution in [-0.4, -0.2) is 68.8 Å². The summed E-state index contributed by atoms with van der Waals surface area (Å²) in [6.07, 6.45) is -4.12. The monoisotopic (exact) mass is 224 g/mol. The molecule has 0 saturated carbocycles. The molecule has 0 aliphatic heterocycles. The minimum absolute atomic E-state index is 0.109. The van der Waals surface area contributed by atoms with Gasteiger partial charge in [0.1, 0.15) is 0 Å². The molecule has 0 aliphatic carbocycles. The molecule has 0 spiro atoms. The smallest absolute Gasteiger partial charge is 0.0878 e. The summed E-state index contributed by atoms with van der Waals surface area (Å²) in [7, 11) is 0. The zero-order chi connectivity index (χ0) is 12.1. The highest BCUT2D eigenvalue weighted by Crippen LogP contribution is 2.35. The van der Waals surface area contributed by atoms with Crippen molar-refractivity contribution in [3.05, 3.63) is 0 Å². The van der Waals surface area contributed by atoms with Gasteiger partial charge in [0.15, 0.2) is 0 Å². The lowest BCUT2D eigenvalue weighted by Crippen LogP contribution is -2.56. The molecule has 0 radical (unpaired) electrons. The maximum atomic E-state index is 9.58. The molecule has 92 valence electrons. The molecular weight excluding hydrogens is 204 g/mol. The van der Waals surface area contributed by atoms with E-state index in [9.17, 15) is 15.3 Å². The summed E-state index contributed by atoms with van der Waals surface area (Å²) in [6, 6.07) is 0. The van der Waals surface area contributed by atoms with Crippen LogP contribution >= 0.6 is 0 Å². The lowest BCUT2D eigenvalue weighted by Gasteiger charge is -2.42. The molecule has 3 unspecified atom stereocenters. The van der Waals surface area contributed by atoms with Crippen LogP contribution < -0.4 is 0 Å². The molecular formula is C9H20O6. The van der Waals surface area contributed by atoms with Crippen LogP contribution in [0.4, 0.5) is 0 Å². The van der Waals surface area contributed by atoms with Gasteiger partial charge in [-0.15, -0.1) is 0 Å². The molecule has 0 saturated heterocycles. The van der Waals surface area contributed by atoms with Crippen LogP contribution in [0, 0.1) is 5.41 Å². The minimum atomic E-state index is -1.52. The Balaban J connectivity index is 5.09. The van der Waals surface area contributed by atoms with Crippen molar-refractivity contribution in [2.45, 2.75) is 31.7 Å². The molecule has 0 aromatic heterocycles. The third-order valence-corrected chi connectivity index (χ3v) is 2.99. The largest absolute Gasteiger partial charge is 0.394 e. The van der Waals surface area contributed by atoms with Gasteiger partial charge in [-0.3, -0.25) is 0 Å². The van der Waals surface area contributed by atoms with E-state index in [-0.39, 0.29) is 6.42 Å². The van der Waals surface area contributed by atoms with Crippen LogP contribution in [0.2, 0.25) is 0 Å². The van der Waals surface area contributed by atoms with Gasteiger partial charge in [0.2, 0.25) is 0 Å². The third kappa shape index (κ3) is 2.66. The van der Waals surface area contributed by atoms with E-state index in [0.717, 1.165) is 0 Å². The summed E-state index contributed by atoms with van der Waals surface area (Å²) in [5.74, 6) is 0. The molecule has 3 atom stereocenters. The first-order valence-corrected chi connectivity index (χ1v) is 4.87. The van der Waals surface area contributed by atoms with Crippen LogP contribution in [-0.2, 0) is 0 Å². The van der Waals surface area contributed by atoms with Gasteiger partial charge < -0.3 is 30.6 Å². The molecule has 15 heavy (non-hydrogen) atoms. The van der Waals surface area contributed by atoms with Crippen molar-refractivity contribution >= 4 is 0 Å². The normalized spacial score (nSPS) is 21.8. The molecule has 0 aromatic carbocycles. The molecule has 6 heteroatoms. The third-order valence-electron chi connectivity index (χ3n) is 2.99. The topological polar surface area (TPSA) is 121 Å². The van der Waals surface area contributed by atoms with Crippen LogP contribution in [0.25, 0.3) is 0 Å². The molecule has 0 rings (SSSR count). The summed E-state index contributed by atoms with van der Waals surface area (Å²) in [5, 5.41) is 55.3. The van der Waals surface area contributed by atoms with Gasteiger partial charge in [-0.1, -0.05) is 6.92 Å². The van der Waals surface area contributed by atoms with Crippen LogP contribution in [0.3, 0.4) is 0 Å². The second kappa shape index (κ2) is 6.37. The van der Waals surface area contributed by atoms with Crippen molar-refractivity contribution < 1.29 is 30.6 Å². The molecule has 0 fully saturated rings. The Morgan fingerprint density at radius 3 is 1.20 bits per heavy atom. The predicted molar refractivity (Wildman–Crippen MR) is 52.0 cm³/mol. The summed E-state index contributed by atoms with van der Waals surface area (Å²) < 4.78 is 0. The number of hydrogen-bond acceptors (Lipinski definition) is 6. The van der Waals surface area contributed by atoms with Crippen molar-refractivity contribution in [1.82, 2.24) is 0 Å². The molecule has 0 heterocycles. The Bertz CT molecular complexity index is 147. The molecule has 6 nitrogen and oxygen atoms in total. The highest BCUT2D eigenvalue weighted by molar-refractivity contribution is 4.96. The van der Waals surface area contributed by atoms with Crippen LogP contribution in [0.1, 0.15) is 13.3 Å². The maximum absolute atomic E-state index is 9.58. The first-order chi connectivity index (χ1) is 7.00. The van der Waals surface area contributed by atoms with Crippen molar-refractivity contribution in [2.75, 3.05) is 19.8 Å². The average Bonchev–Trinajstić information content (AvgIpc) is 2.29. The summed E-state index contributed by atoms with van der Waals surface area (Å²) in [4.78, 5) is 0. The quantitative estimate of drug-likeness (QED) is 0.283. The zero-order valence-corrected chi connectivity index (χ0v) is 8.74. The van der Waals surface area contributed by atoms with Crippen molar-refractivity contribution in [3.63, 3.8) is 0 Å². The Morgan fingerprint density at radius 2 is 1.07 bits per heavy atom. The lowest BCUT2D eigenvalue weighted by atomic mass is 9.70. The van der Waals surface area contributed by atoms with E-state index in [1.165, 1.54) is 0 Å². The Morgan fingerprint density at radius 1 is 0.800 bits per heavy atom. The number of rotatable bonds is 7. The molecule has 0 amide bonds. The van der Waals surface area contributed by atoms with Gasteiger partial charge in [0, 0.05) is 0 Å². The number of hydrogen-bond donors (Lipinski definition) is 6.